The lowest BCUT2D eigenvalue weighted by Gasteiger charge is -2.16. The molecule has 0 unspecified atom stereocenters. The van der Waals surface area contributed by atoms with Crippen LogP contribution in [-0.2, 0) is 6.61 Å². The van der Waals surface area contributed by atoms with Crippen LogP contribution in [0.3, 0.4) is 0 Å². The number of benzene rings is 5. The van der Waals surface area contributed by atoms with Crippen LogP contribution in [0.2, 0.25) is 0 Å². The third-order valence-electron chi connectivity index (χ3n) is 7.66. The van der Waals surface area contributed by atoms with Crippen LogP contribution in [0, 0.1) is 0 Å². The molecular formula is C36H25Br2N3O5. The Balaban J connectivity index is 1.29. The fourth-order valence-electron chi connectivity index (χ4n) is 5.39. The third kappa shape index (κ3) is 5.33. The van der Waals surface area contributed by atoms with E-state index in [2.05, 4.69) is 55.2 Å². The van der Waals surface area contributed by atoms with E-state index >= 15 is 0 Å². The minimum atomic E-state index is -0.346. The van der Waals surface area contributed by atoms with Gasteiger partial charge in [0.25, 0.3) is 5.56 Å². The Morgan fingerprint density at radius 2 is 1.57 bits per heavy atom. The van der Waals surface area contributed by atoms with Gasteiger partial charge in [0.2, 0.25) is 5.82 Å². The molecule has 0 saturated carbocycles. The van der Waals surface area contributed by atoms with Crippen molar-refractivity contribution in [1.82, 2.24) is 9.66 Å². The molecule has 7 rings (SSSR count). The van der Waals surface area contributed by atoms with Gasteiger partial charge in [-0.15, -0.1) is 0 Å². The van der Waals surface area contributed by atoms with Gasteiger partial charge in [-0.2, -0.15) is 9.78 Å². The van der Waals surface area contributed by atoms with Crippen LogP contribution in [0.25, 0.3) is 44.2 Å². The largest absolute Gasteiger partial charge is 0.496 e. The number of fused-ring (bicyclic) bond motifs is 3. The molecule has 0 aliphatic heterocycles. The molecule has 0 atom stereocenters. The van der Waals surface area contributed by atoms with Crippen LogP contribution in [-0.4, -0.2) is 30.1 Å². The quantitative estimate of drug-likeness (QED) is 0.145. The van der Waals surface area contributed by atoms with Gasteiger partial charge in [0.1, 0.15) is 17.9 Å². The van der Waals surface area contributed by atoms with E-state index in [1.807, 2.05) is 48.5 Å². The number of para-hydroxylation sites is 1. The van der Waals surface area contributed by atoms with Crippen molar-refractivity contribution in [2.45, 2.75) is 6.61 Å². The van der Waals surface area contributed by atoms with Crippen LogP contribution >= 0.6 is 31.9 Å². The molecule has 0 amide bonds. The lowest BCUT2D eigenvalue weighted by Crippen LogP contribution is -2.20. The average molecular weight is 739 g/mol. The summed E-state index contributed by atoms with van der Waals surface area (Å²) in [5, 5.41) is 8.07. The highest BCUT2D eigenvalue weighted by atomic mass is 79.9. The van der Waals surface area contributed by atoms with Crippen molar-refractivity contribution >= 4 is 70.7 Å². The van der Waals surface area contributed by atoms with Crippen molar-refractivity contribution in [1.29, 1.82) is 0 Å². The first kappa shape index (κ1) is 29.8. The Morgan fingerprint density at radius 3 is 2.39 bits per heavy atom. The topological polar surface area (TPSA) is 88.1 Å². The number of furan rings is 1. The van der Waals surface area contributed by atoms with Crippen molar-refractivity contribution in [3.8, 4) is 28.8 Å². The Labute approximate surface area is 280 Å². The molecule has 0 spiro atoms. The molecule has 8 nitrogen and oxygen atoms in total. The highest BCUT2D eigenvalue weighted by Gasteiger charge is 2.20. The van der Waals surface area contributed by atoms with Crippen molar-refractivity contribution in [2.24, 2.45) is 5.10 Å². The Morgan fingerprint density at radius 1 is 0.826 bits per heavy atom. The van der Waals surface area contributed by atoms with Gasteiger partial charge >= 0.3 is 0 Å². The zero-order valence-electron chi connectivity index (χ0n) is 24.7. The standard InChI is InChI=1S/C36H25Br2N3O5/c1-43-28-15-8-16-29-26(28)18-31(46-29)35-40-27-14-6-5-13-25(27)36(42)41(35)39-19-23-17-30(44-2)34(33(38)32(23)37)45-20-22-11-7-10-21-9-3-4-12-24(21)22/h3-19H,20H2,1-2H3. The minimum absolute atomic E-state index is 0.246. The van der Waals surface area contributed by atoms with Crippen molar-refractivity contribution in [2.75, 3.05) is 14.2 Å². The number of hydrogen-bond acceptors (Lipinski definition) is 7. The second kappa shape index (κ2) is 12.5. The van der Waals surface area contributed by atoms with Crippen LogP contribution in [0.15, 0.2) is 120 Å². The van der Waals surface area contributed by atoms with Gasteiger partial charge in [-0.25, -0.2) is 4.98 Å². The van der Waals surface area contributed by atoms with E-state index in [1.54, 1.807) is 50.8 Å². The van der Waals surface area contributed by atoms with Crippen LogP contribution < -0.4 is 19.8 Å². The van der Waals surface area contributed by atoms with Gasteiger partial charge in [0.15, 0.2) is 17.3 Å². The van der Waals surface area contributed by atoms with E-state index in [9.17, 15) is 4.79 Å². The summed E-state index contributed by atoms with van der Waals surface area (Å²) in [6, 6.07) is 30.6. The maximum atomic E-state index is 13.8. The van der Waals surface area contributed by atoms with Gasteiger partial charge in [-0.1, -0.05) is 60.7 Å². The monoisotopic (exact) mass is 737 g/mol. The summed E-state index contributed by atoms with van der Waals surface area (Å²) < 4.78 is 26.3. The van der Waals surface area contributed by atoms with Gasteiger partial charge in [0, 0.05) is 10.0 Å². The summed E-state index contributed by atoms with van der Waals surface area (Å²) in [5.41, 5.74) is 2.47. The SMILES string of the molecule is COc1cc(C=Nn2c(-c3cc4c(OC)cccc4o3)nc3ccccc3c2=O)c(Br)c(Br)c1OCc1cccc2ccccc12. The molecule has 0 radical (unpaired) electrons. The van der Waals surface area contributed by atoms with Gasteiger partial charge < -0.3 is 18.6 Å². The van der Waals surface area contributed by atoms with Crippen molar-refractivity contribution in [3.63, 3.8) is 0 Å². The molecule has 2 aromatic heterocycles. The highest BCUT2D eigenvalue weighted by molar-refractivity contribution is 9.13. The zero-order chi connectivity index (χ0) is 31.8. The molecular weight excluding hydrogens is 714 g/mol. The van der Waals surface area contributed by atoms with E-state index in [0.717, 1.165) is 21.7 Å². The Kier molecular flexibility index (Phi) is 8.06. The molecule has 7 aromatic rings. The number of nitrogens with zero attached hydrogens (tertiary/aromatic N) is 3. The molecule has 5 aromatic carbocycles. The normalized spacial score (nSPS) is 11.6. The lowest BCUT2D eigenvalue weighted by atomic mass is 10.1. The van der Waals surface area contributed by atoms with Crippen molar-refractivity contribution in [3.05, 3.63) is 127 Å². The first-order valence-corrected chi connectivity index (χ1v) is 15.8. The second-order valence-corrected chi connectivity index (χ2v) is 11.9. The summed E-state index contributed by atoms with van der Waals surface area (Å²) >= 11 is 7.37. The molecule has 0 saturated heterocycles. The molecule has 0 N–H and O–H groups in total. The van der Waals surface area contributed by atoms with E-state index in [-0.39, 0.29) is 11.4 Å². The maximum Gasteiger partial charge on any atom is 0.282 e. The van der Waals surface area contributed by atoms with E-state index < -0.39 is 0 Å². The number of rotatable bonds is 8. The summed E-state index contributed by atoms with van der Waals surface area (Å²) in [6.45, 7) is 0.333. The van der Waals surface area contributed by atoms with Gasteiger partial charge in [-0.05, 0) is 84.6 Å². The smallest absolute Gasteiger partial charge is 0.282 e. The first-order chi connectivity index (χ1) is 22.5. The molecule has 2 heterocycles. The average Bonchev–Trinajstić information content (AvgIpc) is 3.53. The molecule has 0 aliphatic carbocycles. The minimum Gasteiger partial charge on any atom is -0.496 e. The molecule has 0 fully saturated rings. The molecule has 228 valence electrons. The van der Waals surface area contributed by atoms with Crippen LogP contribution in [0.5, 0.6) is 17.2 Å². The lowest BCUT2D eigenvalue weighted by molar-refractivity contribution is 0.283. The number of halogens is 2. The molecule has 46 heavy (non-hydrogen) atoms. The maximum absolute atomic E-state index is 13.8. The van der Waals surface area contributed by atoms with Gasteiger partial charge in [0.05, 0.1) is 41.2 Å². The summed E-state index contributed by atoms with van der Waals surface area (Å²) in [7, 11) is 3.17. The number of ether oxygens (including phenoxy) is 3. The summed E-state index contributed by atoms with van der Waals surface area (Å²) in [6.07, 6.45) is 1.57. The van der Waals surface area contributed by atoms with Gasteiger partial charge in [-0.3, -0.25) is 4.79 Å². The summed E-state index contributed by atoms with van der Waals surface area (Å²) in [5.74, 6) is 2.28. The number of hydrogen-bond donors (Lipinski definition) is 0. The predicted octanol–water partition coefficient (Wildman–Crippen LogP) is 8.97. The fourth-order valence-corrected chi connectivity index (χ4v) is 6.32. The van der Waals surface area contributed by atoms with E-state index in [1.165, 1.54) is 4.68 Å². The Hall–Kier alpha value is -4.93. The van der Waals surface area contributed by atoms with Crippen molar-refractivity contribution < 1.29 is 18.6 Å². The van der Waals surface area contributed by atoms with Crippen LogP contribution in [0.1, 0.15) is 11.1 Å². The van der Waals surface area contributed by atoms with Crippen LogP contribution in [0.4, 0.5) is 0 Å². The van der Waals surface area contributed by atoms with E-state index in [4.69, 9.17) is 23.6 Å². The molecule has 0 aliphatic rings. The summed E-state index contributed by atoms with van der Waals surface area (Å²) in [4.78, 5) is 18.6. The van der Waals surface area contributed by atoms with E-state index in [0.29, 0.717) is 60.6 Å². The second-order valence-electron chi connectivity index (χ2n) is 10.3. The molecule has 10 heteroatoms. The fraction of sp³-hybridized carbons (Fsp3) is 0.0833. The molecule has 0 bridgehead atoms. The zero-order valence-corrected chi connectivity index (χ0v) is 27.8. The highest BCUT2D eigenvalue weighted by Crippen LogP contribution is 2.43. The number of methoxy groups -OCH3 is 2. The number of aromatic nitrogens is 2. The first-order valence-electron chi connectivity index (χ1n) is 14.3. The third-order valence-corrected chi connectivity index (χ3v) is 9.80. The predicted molar refractivity (Wildman–Crippen MR) is 187 cm³/mol. The Bertz CT molecular complexity index is 2360.